The molecule has 0 aliphatic heterocycles. The number of nitrogens with zero attached hydrogens (tertiary/aromatic N) is 3. The van der Waals surface area contributed by atoms with Gasteiger partial charge in [-0.2, -0.15) is 0 Å². The van der Waals surface area contributed by atoms with Crippen molar-refractivity contribution in [1.29, 1.82) is 0 Å². The Morgan fingerprint density at radius 1 is 0.971 bits per heavy atom. The molecule has 2 aromatic carbocycles. The maximum absolute atomic E-state index is 13.3. The fourth-order valence-corrected chi connectivity index (χ4v) is 4.08. The van der Waals surface area contributed by atoms with Crippen LogP contribution in [0.15, 0.2) is 84.5 Å². The fraction of sp³-hybridized carbons (Fsp3) is 0.154. The molecular formula is C26H25N5O2S. The first-order valence-corrected chi connectivity index (χ1v) is 11.7. The minimum Gasteiger partial charge on any atom is -0.350 e. The van der Waals surface area contributed by atoms with Gasteiger partial charge < -0.3 is 15.5 Å². The molecule has 0 aliphatic rings. The summed E-state index contributed by atoms with van der Waals surface area (Å²) in [5, 5.41) is 8.45. The molecule has 2 heterocycles. The highest BCUT2D eigenvalue weighted by Crippen LogP contribution is 2.22. The van der Waals surface area contributed by atoms with Crippen LogP contribution in [-0.2, 0) is 17.9 Å². The Hall–Kier alpha value is -4.04. The number of hydrogen-bond acceptors (Lipinski definition) is 6. The summed E-state index contributed by atoms with van der Waals surface area (Å²) in [5.41, 5.74) is 4.22. The highest BCUT2D eigenvalue weighted by molar-refractivity contribution is 7.14. The lowest BCUT2D eigenvalue weighted by Crippen LogP contribution is -2.40. The van der Waals surface area contributed by atoms with Crippen LogP contribution in [0.1, 0.15) is 27.2 Å². The highest BCUT2D eigenvalue weighted by atomic mass is 32.1. The topological polar surface area (TPSA) is 87.2 Å². The molecule has 8 heteroatoms. The molecule has 0 saturated carbocycles. The second-order valence-electron chi connectivity index (χ2n) is 7.81. The summed E-state index contributed by atoms with van der Waals surface area (Å²) < 4.78 is 0. The number of amides is 2. The van der Waals surface area contributed by atoms with Crippen LogP contribution < -0.4 is 10.6 Å². The smallest absolute Gasteiger partial charge is 0.274 e. The van der Waals surface area contributed by atoms with Gasteiger partial charge in [0.2, 0.25) is 5.91 Å². The molecule has 34 heavy (non-hydrogen) atoms. The van der Waals surface area contributed by atoms with Crippen LogP contribution in [0.5, 0.6) is 0 Å². The third kappa shape index (κ3) is 6.49. The number of anilines is 2. The number of aromatic nitrogens is 2. The van der Waals surface area contributed by atoms with Gasteiger partial charge in [0, 0.05) is 36.6 Å². The van der Waals surface area contributed by atoms with Crippen molar-refractivity contribution in [2.75, 3.05) is 11.9 Å². The summed E-state index contributed by atoms with van der Waals surface area (Å²) in [6.45, 7) is 2.62. The van der Waals surface area contributed by atoms with E-state index in [0.29, 0.717) is 23.9 Å². The monoisotopic (exact) mass is 471 g/mol. The zero-order chi connectivity index (χ0) is 23.8. The largest absolute Gasteiger partial charge is 0.350 e. The summed E-state index contributed by atoms with van der Waals surface area (Å²) in [5.74, 6) is -0.536. The Labute approximate surface area is 202 Å². The first kappa shape index (κ1) is 23.1. The fourth-order valence-electron chi connectivity index (χ4n) is 3.37. The van der Waals surface area contributed by atoms with Gasteiger partial charge in [-0.3, -0.25) is 14.6 Å². The van der Waals surface area contributed by atoms with Crippen molar-refractivity contribution in [3.05, 3.63) is 107 Å². The van der Waals surface area contributed by atoms with Gasteiger partial charge in [-0.25, -0.2) is 4.98 Å². The van der Waals surface area contributed by atoms with Crippen LogP contribution in [0, 0.1) is 6.92 Å². The molecule has 2 N–H and O–H groups in total. The van der Waals surface area contributed by atoms with Crippen LogP contribution in [0.25, 0.3) is 0 Å². The second kappa shape index (κ2) is 11.2. The van der Waals surface area contributed by atoms with E-state index in [0.717, 1.165) is 22.4 Å². The Kier molecular flexibility index (Phi) is 7.62. The number of pyridine rings is 1. The van der Waals surface area contributed by atoms with Crippen LogP contribution in [0.4, 0.5) is 10.8 Å². The summed E-state index contributed by atoms with van der Waals surface area (Å²) >= 11 is 1.35. The van der Waals surface area contributed by atoms with E-state index in [-0.39, 0.29) is 18.4 Å². The van der Waals surface area contributed by atoms with E-state index in [4.69, 9.17) is 0 Å². The average Bonchev–Trinajstić information content (AvgIpc) is 3.31. The van der Waals surface area contributed by atoms with Crippen LogP contribution >= 0.6 is 11.3 Å². The molecule has 0 radical (unpaired) electrons. The summed E-state index contributed by atoms with van der Waals surface area (Å²) in [6.07, 6.45) is 3.36. The standard InChI is InChI=1S/C26H25N5O2S/c1-19-6-5-9-22(14-19)29-26-30-23(18-34-26)25(33)31(16-21-7-3-2-4-8-21)17-24(32)28-15-20-10-12-27-13-11-20/h2-14,18H,15-17H2,1H3,(H,28,32)(H,29,30). The highest BCUT2D eigenvalue weighted by Gasteiger charge is 2.22. The molecule has 0 fully saturated rings. The van der Waals surface area contributed by atoms with Gasteiger partial charge in [-0.1, -0.05) is 42.5 Å². The molecule has 4 aromatic rings. The van der Waals surface area contributed by atoms with Gasteiger partial charge in [-0.05, 0) is 47.9 Å². The molecule has 0 atom stereocenters. The van der Waals surface area contributed by atoms with Crippen LogP contribution in [0.2, 0.25) is 0 Å². The molecule has 0 saturated heterocycles. The lowest BCUT2D eigenvalue weighted by Gasteiger charge is -2.21. The predicted molar refractivity (Wildman–Crippen MR) is 134 cm³/mol. The minimum atomic E-state index is -0.295. The molecule has 2 aromatic heterocycles. The molecule has 7 nitrogen and oxygen atoms in total. The third-order valence-electron chi connectivity index (χ3n) is 5.07. The van der Waals surface area contributed by atoms with Crippen molar-refractivity contribution in [3.8, 4) is 0 Å². The lowest BCUT2D eigenvalue weighted by atomic mass is 10.2. The predicted octanol–water partition coefficient (Wildman–Crippen LogP) is 4.55. The van der Waals surface area contributed by atoms with Crippen LogP contribution in [-0.4, -0.2) is 33.2 Å². The zero-order valence-electron chi connectivity index (χ0n) is 18.8. The summed E-state index contributed by atoms with van der Waals surface area (Å²) in [4.78, 5) is 36.0. The second-order valence-corrected chi connectivity index (χ2v) is 8.67. The van der Waals surface area contributed by atoms with E-state index < -0.39 is 0 Å². The number of aryl methyl sites for hydroxylation is 1. The van der Waals surface area contributed by atoms with Crippen LogP contribution in [0.3, 0.4) is 0 Å². The maximum Gasteiger partial charge on any atom is 0.274 e. The quantitative estimate of drug-likeness (QED) is 0.374. The first-order valence-electron chi connectivity index (χ1n) is 10.8. The van der Waals surface area contributed by atoms with Gasteiger partial charge in [0.25, 0.3) is 5.91 Å². The molecule has 4 rings (SSSR count). The number of carbonyl (C=O) groups excluding carboxylic acids is 2. The van der Waals surface area contributed by atoms with Crippen molar-refractivity contribution < 1.29 is 9.59 Å². The van der Waals surface area contributed by atoms with E-state index in [1.54, 1.807) is 17.8 Å². The summed E-state index contributed by atoms with van der Waals surface area (Å²) in [6, 6.07) is 21.2. The molecular weight excluding hydrogens is 446 g/mol. The van der Waals surface area contributed by atoms with Gasteiger partial charge in [0.05, 0.1) is 0 Å². The Bertz CT molecular complexity index is 1240. The summed E-state index contributed by atoms with van der Waals surface area (Å²) in [7, 11) is 0. The van der Waals surface area contributed by atoms with Gasteiger partial charge in [0.1, 0.15) is 12.2 Å². The average molecular weight is 472 g/mol. The van der Waals surface area contributed by atoms with Gasteiger partial charge >= 0.3 is 0 Å². The molecule has 0 spiro atoms. The van der Waals surface area contributed by atoms with E-state index >= 15 is 0 Å². The molecule has 0 aliphatic carbocycles. The van der Waals surface area contributed by atoms with E-state index in [1.807, 2.05) is 73.7 Å². The van der Waals surface area contributed by atoms with Gasteiger partial charge in [-0.15, -0.1) is 11.3 Å². The van der Waals surface area contributed by atoms with Crippen molar-refractivity contribution in [2.45, 2.75) is 20.0 Å². The molecule has 172 valence electrons. The normalized spacial score (nSPS) is 10.5. The Morgan fingerprint density at radius 3 is 2.53 bits per heavy atom. The SMILES string of the molecule is Cc1cccc(Nc2nc(C(=O)N(CC(=O)NCc3ccncc3)Cc3ccccc3)cs2)c1. The number of thiazole rings is 1. The number of rotatable bonds is 9. The van der Waals surface area contributed by atoms with E-state index in [2.05, 4.69) is 20.6 Å². The van der Waals surface area contributed by atoms with Crippen molar-refractivity contribution in [3.63, 3.8) is 0 Å². The van der Waals surface area contributed by atoms with Crippen molar-refractivity contribution in [1.82, 2.24) is 20.2 Å². The minimum absolute atomic E-state index is 0.0724. The number of nitrogens with one attached hydrogen (secondary N) is 2. The molecule has 0 unspecified atom stereocenters. The Balaban J connectivity index is 1.46. The number of hydrogen-bond donors (Lipinski definition) is 2. The third-order valence-corrected chi connectivity index (χ3v) is 5.83. The number of carbonyl (C=O) groups is 2. The van der Waals surface area contributed by atoms with E-state index in [9.17, 15) is 9.59 Å². The molecule has 2 amide bonds. The zero-order valence-corrected chi connectivity index (χ0v) is 19.6. The maximum atomic E-state index is 13.3. The van der Waals surface area contributed by atoms with E-state index in [1.165, 1.54) is 16.2 Å². The number of benzene rings is 2. The molecule has 0 bridgehead atoms. The van der Waals surface area contributed by atoms with Gasteiger partial charge in [0.15, 0.2) is 5.13 Å². The Morgan fingerprint density at radius 2 is 1.76 bits per heavy atom. The first-order chi connectivity index (χ1) is 16.6. The van der Waals surface area contributed by atoms with Crippen molar-refractivity contribution in [2.24, 2.45) is 0 Å². The lowest BCUT2D eigenvalue weighted by molar-refractivity contribution is -0.122. The van der Waals surface area contributed by atoms with Crippen molar-refractivity contribution >= 4 is 34.0 Å².